The van der Waals surface area contributed by atoms with Crippen LogP contribution in [0.5, 0.6) is 0 Å². The van der Waals surface area contributed by atoms with Gasteiger partial charge < -0.3 is 14.5 Å². The minimum absolute atomic E-state index is 0.155. The first-order chi connectivity index (χ1) is 11.6. The van der Waals surface area contributed by atoms with Crippen LogP contribution < -0.4 is 4.90 Å². The number of carbonyl (C=O) groups excluding carboxylic acids is 2. The van der Waals surface area contributed by atoms with Gasteiger partial charge in [-0.1, -0.05) is 12.1 Å². The van der Waals surface area contributed by atoms with Gasteiger partial charge in [0.1, 0.15) is 5.82 Å². The number of esters is 1. The number of hydrogen-bond donors (Lipinski definition) is 0. The van der Waals surface area contributed by atoms with Gasteiger partial charge in [-0.15, -0.1) is 0 Å². The van der Waals surface area contributed by atoms with E-state index in [0.717, 1.165) is 18.5 Å². The third-order valence-electron chi connectivity index (χ3n) is 4.72. The van der Waals surface area contributed by atoms with Gasteiger partial charge in [-0.3, -0.25) is 9.59 Å². The Hall–Kier alpha value is -2.11. The molecule has 24 heavy (non-hydrogen) atoms. The van der Waals surface area contributed by atoms with Gasteiger partial charge in [-0.05, 0) is 31.4 Å². The molecule has 0 N–H and O–H groups in total. The van der Waals surface area contributed by atoms with Crippen LogP contribution in [0.4, 0.5) is 10.1 Å². The Kier molecular flexibility index (Phi) is 5.02. The van der Waals surface area contributed by atoms with Crippen LogP contribution in [0.1, 0.15) is 25.3 Å². The van der Waals surface area contributed by atoms with E-state index in [1.54, 1.807) is 13.0 Å². The lowest BCUT2D eigenvalue weighted by atomic mass is 9.92. The molecule has 1 atom stereocenters. The second-order valence-electron chi connectivity index (χ2n) is 6.33. The highest BCUT2D eigenvalue weighted by atomic mass is 19.1. The largest absolute Gasteiger partial charge is 0.466 e. The minimum atomic E-state index is -0.298. The number of halogens is 1. The molecule has 1 aromatic carbocycles. The topological polar surface area (TPSA) is 49.9 Å². The summed E-state index contributed by atoms with van der Waals surface area (Å²) >= 11 is 0. The van der Waals surface area contributed by atoms with Gasteiger partial charge in [0.15, 0.2) is 0 Å². The van der Waals surface area contributed by atoms with Gasteiger partial charge in [0.2, 0.25) is 5.91 Å². The Balaban J connectivity index is 1.77. The fraction of sp³-hybridized carbons (Fsp3) is 0.556. The molecule has 0 aromatic heterocycles. The summed E-state index contributed by atoms with van der Waals surface area (Å²) in [6.07, 6.45) is 1.97. The molecule has 2 aliphatic rings. The van der Waals surface area contributed by atoms with Gasteiger partial charge in [0, 0.05) is 32.6 Å². The fourth-order valence-corrected chi connectivity index (χ4v) is 3.57. The summed E-state index contributed by atoms with van der Waals surface area (Å²) in [4.78, 5) is 27.6. The number of benzene rings is 1. The molecule has 5 nitrogen and oxygen atoms in total. The zero-order chi connectivity index (χ0) is 17.1. The summed E-state index contributed by atoms with van der Waals surface area (Å²) in [5, 5.41) is 0. The average molecular weight is 334 g/mol. The SMILES string of the molecule is CCOC(=O)[C@H]1Cc2cccc(F)c2N(CCN2CCCC2=O)C1. The summed E-state index contributed by atoms with van der Waals surface area (Å²) < 4.78 is 19.5. The predicted molar refractivity (Wildman–Crippen MR) is 88.3 cm³/mol. The van der Waals surface area contributed by atoms with Gasteiger partial charge >= 0.3 is 5.97 Å². The van der Waals surface area contributed by atoms with E-state index in [2.05, 4.69) is 0 Å². The first-order valence-electron chi connectivity index (χ1n) is 8.57. The lowest BCUT2D eigenvalue weighted by Gasteiger charge is -2.36. The second kappa shape index (κ2) is 7.20. The standard InChI is InChI=1S/C18H23FN2O3/c1-2-24-18(23)14-11-13-5-3-6-15(19)17(13)21(12-14)10-9-20-8-4-7-16(20)22/h3,5-6,14H,2,4,7-12H2,1H3/t14-/m0/s1. The molecule has 2 aliphatic heterocycles. The summed E-state index contributed by atoms with van der Waals surface area (Å²) in [7, 11) is 0. The van der Waals surface area contributed by atoms with Crippen molar-refractivity contribution in [3.8, 4) is 0 Å². The molecule has 0 saturated carbocycles. The molecule has 1 amide bonds. The van der Waals surface area contributed by atoms with E-state index in [1.807, 2.05) is 15.9 Å². The second-order valence-corrected chi connectivity index (χ2v) is 6.33. The van der Waals surface area contributed by atoms with Crippen molar-refractivity contribution in [2.24, 2.45) is 5.92 Å². The van der Waals surface area contributed by atoms with E-state index in [-0.39, 0.29) is 23.6 Å². The molecule has 3 rings (SSSR count). The number of fused-ring (bicyclic) bond motifs is 1. The van der Waals surface area contributed by atoms with Crippen molar-refractivity contribution in [1.82, 2.24) is 4.90 Å². The molecular weight excluding hydrogens is 311 g/mol. The summed E-state index contributed by atoms with van der Waals surface area (Å²) in [6.45, 7) is 4.39. The summed E-state index contributed by atoms with van der Waals surface area (Å²) in [5.41, 5.74) is 1.39. The van der Waals surface area contributed by atoms with Crippen molar-refractivity contribution < 1.29 is 18.7 Å². The Morgan fingerprint density at radius 2 is 2.12 bits per heavy atom. The number of hydrogen-bond acceptors (Lipinski definition) is 4. The molecule has 0 bridgehead atoms. The first kappa shape index (κ1) is 16.7. The van der Waals surface area contributed by atoms with Crippen LogP contribution in [-0.2, 0) is 20.7 Å². The summed E-state index contributed by atoms with van der Waals surface area (Å²) in [6, 6.07) is 4.97. The number of anilines is 1. The number of para-hydroxylation sites is 1. The van der Waals surface area contributed by atoms with E-state index in [1.165, 1.54) is 6.07 Å². The Labute approximate surface area is 141 Å². The smallest absolute Gasteiger partial charge is 0.311 e. The van der Waals surface area contributed by atoms with Crippen LogP contribution in [0.2, 0.25) is 0 Å². The minimum Gasteiger partial charge on any atom is -0.466 e. The highest BCUT2D eigenvalue weighted by Crippen LogP contribution is 2.32. The maximum absolute atomic E-state index is 14.3. The lowest BCUT2D eigenvalue weighted by molar-refractivity contribution is -0.147. The van der Waals surface area contributed by atoms with Crippen molar-refractivity contribution in [2.45, 2.75) is 26.2 Å². The van der Waals surface area contributed by atoms with E-state index >= 15 is 0 Å². The zero-order valence-corrected chi connectivity index (χ0v) is 14.0. The van der Waals surface area contributed by atoms with E-state index in [4.69, 9.17) is 4.74 Å². The molecule has 1 aromatic rings. The Morgan fingerprint density at radius 3 is 2.83 bits per heavy atom. The van der Waals surface area contributed by atoms with Crippen molar-refractivity contribution in [2.75, 3.05) is 37.7 Å². The van der Waals surface area contributed by atoms with Crippen LogP contribution in [0.15, 0.2) is 18.2 Å². The maximum atomic E-state index is 14.3. The van der Waals surface area contributed by atoms with Crippen LogP contribution in [0.3, 0.4) is 0 Å². The normalized spacial score (nSPS) is 20.2. The summed E-state index contributed by atoms with van der Waals surface area (Å²) in [5.74, 6) is -0.659. The molecule has 130 valence electrons. The van der Waals surface area contributed by atoms with E-state index in [0.29, 0.717) is 44.8 Å². The monoisotopic (exact) mass is 334 g/mol. The Bertz CT molecular complexity index is 635. The molecule has 0 aliphatic carbocycles. The molecular formula is C18H23FN2O3. The van der Waals surface area contributed by atoms with Crippen molar-refractivity contribution >= 4 is 17.6 Å². The number of nitrogens with zero attached hydrogens (tertiary/aromatic N) is 2. The highest BCUT2D eigenvalue weighted by Gasteiger charge is 2.32. The fourth-order valence-electron chi connectivity index (χ4n) is 3.57. The number of ether oxygens (including phenoxy) is 1. The van der Waals surface area contributed by atoms with Gasteiger partial charge in [-0.25, -0.2) is 4.39 Å². The highest BCUT2D eigenvalue weighted by molar-refractivity contribution is 5.78. The Morgan fingerprint density at radius 1 is 1.33 bits per heavy atom. The number of rotatable bonds is 5. The maximum Gasteiger partial charge on any atom is 0.311 e. The van der Waals surface area contributed by atoms with Crippen LogP contribution in [0, 0.1) is 11.7 Å². The third-order valence-corrected chi connectivity index (χ3v) is 4.72. The average Bonchev–Trinajstić information content (AvgIpc) is 2.98. The molecule has 1 saturated heterocycles. The van der Waals surface area contributed by atoms with Crippen molar-refractivity contribution in [3.05, 3.63) is 29.6 Å². The molecule has 1 fully saturated rings. The van der Waals surface area contributed by atoms with Crippen LogP contribution >= 0.6 is 0 Å². The molecule has 6 heteroatoms. The van der Waals surface area contributed by atoms with Crippen LogP contribution in [0.25, 0.3) is 0 Å². The van der Waals surface area contributed by atoms with Gasteiger partial charge in [0.05, 0.1) is 18.2 Å². The van der Waals surface area contributed by atoms with E-state index in [9.17, 15) is 14.0 Å². The number of likely N-dealkylation sites (tertiary alicyclic amines) is 1. The first-order valence-corrected chi connectivity index (χ1v) is 8.57. The molecule has 0 unspecified atom stereocenters. The third kappa shape index (κ3) is 3.37. The van der Waals surface area contributed by atoms with Crippen molar-refractivity contribution in [3.63, 3.8) is 0 Å². The quantitative estimate of drug-likeness (QED) is 0.773. The van der Waals surface area contributed by atoms with E-state index < -0.39 is 0 Å². The zero-order valence-electron chi connectivity index (χ0n) is 14.0. The number of carbonyl (C=O) groups is 2. The predicted octanol–water partition coefficient (Wildman–Crippen LogP) is 1.99. The molecule has 2 heterocycles. The lowest BCUT2D eigenvalue weighted by Crippen LogP contribution is -2.44. The number of amides is 1. The molecule has 0 radical (unpaired) electrons. The van der Waals surface area contributed by atoms with Crippen LogP contribution in [-0.4, -0.2) is 49.6 Å². The van der Waals surface area contributed by atoms with Gasteiger partial charge in [0.25, 0.3) is 0 Å². The molecule has 0 spiro atoms. The van der Waals surface area contributed by atoms with Crippen molar-refractivity contribution in [1.29, 1.82) is 0 Å². The van der Waals surface area contributed by atoms with Gasteiger partial charge in [-0.2, -0.15) is 0 Å².